The van der Waals surface area contributed by atoms with E-state index in [1.54, 1.807) is 0 Å². The van der Waals surface area contributed by atoms with E-state index in [9.17, 15) is 0 Å². The highest BCUT2D eigenvalue weighted by molar-refractivity contribution is 14.0. The van der Waals surface area contributed by atoms with Crippen LogP contribution in [0.2, 0.25) is 0 Å². The fourth-order valence-electron chi connectivity index (χ4n) is 3.35. The number of hydrogen-bond donors (Lipinski definition) is 2. The lowest BCUT2D eigenvalue weighted by Crippen LogP contribution is -2.40. The monoisotopic (exact) mass is 492 g/mol. The van der Waals surface area contributed by atoms with Crippen molar-refractivity contribution in [1.82, 2.24) is 15.5 Å². The van der Waals surface area contributed by atoms with Crippen LogP contribution < -0.4 is 10.6 Å². The van der Waals surface area contributed by atoms with Crippen molar-refractivity contribution in [3.63, 3.8) is 0 Å². The van der Waals surface area contributed by atoms with E-state index in [0.717, 1.165) is 31.5 Å². The molecule has 0 bridgehead atoms. The fraction of sp³-hybridized carbons (Fsp3) is 0.750. The molecule has 1 aromatic heterocycles. The number of aliphatic imine (C=N–C) groups is 1. The summed E-state index contributed by atoms with van der Waals surface area (Å²) in [5.41, 5.74) is 0.0868. The molecule has 150 valence electrons. The van der Waals surface area contributed by atoms with Crippen LogP contribution in [0.5, 0.6) is 0 Å². The second kappa shape index (κ2) is 12.2. The molecule has 1 aromatic rings. The maximum atomic E-state index is 4.84. The van der Waals surface area contributed by atoms with E-state index < -0.39 is 0 Å². The van der Waals surface area contributed by atoms with Gasteiger partial charge in [-0.15, -0.1) is 35.3 Å². The molecule has 2 heterocycles. The van der Waals surface area contributed by atoms with Crippen molar-refractivity contribution in [2.45, 2.75) is 52.4 Å². The zero-order chi connectivity index (χ0) is 18.1. The lowest BCUT2D eigenvalue weighted by Gasteiger charge is -2.31. The van der Waals surface area contributed by atoms with E-state index in [2.05, 4.69) is 60.7 Å². The largest absolute Gasteiger partial charge is 0.357 e. The minimum atomic E-state index is 0. The van der Waals surface area contributed by atoms with Gasteiger partial charge in [-0.05, 0) is 63.2 Å². The van der Waals surface area contributed by atoms with Crippen LogP contribution in [0.3, 0.4) is 0 Å². The van der Waals surface area contributed by atoms with Crippen LogP contribution in [0.25, 0.3) is 0 Å². The molecular weight excluding hydrogens is 455 g/mol. The second-order valence-electron chi connectivity index (χ2n) is 7.65. The molecule has 1 saturated heterocycles. The average Bonchev–Trinajstić information content (AvgIpc) is 3.16. The van der Waals surface area contributed by atoms with E-state index in [4.69, 9.17) is 4.99 Å². The number of piperidine rings is 1. The molecule has 4 nitrogen and oxygen atoms in total. The van der Waals surface area contributed by atoms with Gasteiger partial charge in [0.15, 0.2) is 5.96 Å². The molecule has 0 amide bonds. The maximum Gasteiger partial charge on any atom is 0.191 e. The Balaban J connectivity index is 0.00000338. The van der Waals surface area contributed by atoms with Crippen molar-refractivity contribution in [2.24, 2.45) is 10.9 Å². The molecule has 0 spiro atoms. The van der Waals surface area contributed by atoms with Gasteiger partial charge in [-0.25, -0.2) is 0 Å². The Kier molecular flexibility index (Phi) is 11.1. The van der Waals surface area contributed by atoms with Gasteiger partial charge in [-0.1, -0.05) is 26.8 Å². The van der Waals surface area contributed by atoms with Gasteiger partial charge in [-0.3, -0.25) is 4.99 Å². The minimum Gasteiger partial charge on any atom is -0.357 e. The molecule has 0 aromatic carbocycles. The highest BCUT2D eigenvalue weighted by Gasteiger charge is 2.21. The molecule has 0 saturated carbocycles. The molecule has 2 N–H and O–H groups in total. The number of hydrogen-bond acceptors (Lipinski definition) is 3. The molecular formula is C20H37IN4S. The Labute approximate surface area is 181 Å². The minimum absolute atomic E-state index is 0. The van der Waals surface area contributed by atoms with Gasteiger partial charge in [0.05, 0.1) is 6.54 Å². The number of halogens is 1. The number of nitrogens with one attached hydrogen (secondary N) is 2. The summed E-state index contributed by atoms with van der Waals surface area (Å²) in [5.74, 6) is 1.82. The lowest BCUT2D eigenvalue weighted by atomic mass is 9.92. The zero-order valence-corrected chi connectivity index (χ0v) is 20.0. The van der Waals surface area contributed by atoms with Crippen molar-refractivity contribution in [2.75, 3.05) is 39.3 Å². The average molecular weight is 493 g/mol. The fourth-order valence-corrected chi connectivity index (χ4v) is 4.19. The van der Waals surface area contributed by atoms with Crippen molar-refractivity contribution in [1.29, 1.82) is 0 Å². The van der Waals surface area contributed by atoms with E-state index in [1.807, 2.05) is 11.3 Å². The quantitative estimate of drug-likeness (QED) is 0.323. The smallest absolute Gasteiger partial charge is 0.191 e. The molecule has 0 unspecified atom stereocenters. The summed E-state index contributed by atoms with van der Waals surface area (Å²) in [6.07, 6.45) is 3.93. The van der Waals surface area contributed by atoms with Crippen LogP contribution in [-0.2, 0) is 5.41 Å². The predicted molar refractivity (Wildman–Crippen MR) is 126 cm³/mol. The van der Waals surface area contributed by atoms with Gasteiger partial charge < -0.3 is 15.5 Å². The van der Waals surface area contributed by atoms with Crippen molar-refractivity contribution < 1.29 is 0 Å². The van der Waals surface area contributed by atoms with Gasteiger partial charge in [0.25, 0.3) is 0 Å². The number of likely N-dealkylation sites (tertiary alicyclic amines) is 1. The first-order valence-electron chi connectivity index (χ1n) is 9.83. The Hall–Kier alpha value is -0.340. The van der Waals surface area contributed by atoms with Crippen LogP contribution in [-0.4, -0.2) is 50.1 Å². The Morgan fingerprint density at radius 2 is 2.00 bits per heavy atom. The number of guanidine groups is 1. The summed E-state index contributed by atoms with van der Waals surface area (Å²) >= 11 is 1.82. The van der Waals surface area contributed by atoms with Crippen LogP contribution >= 0.6 is 35.3 Å². The Morgan fingerprint density at radius 1 is 1.27 bits per heavy atom. The lowest BCUT2D eigenvalue weighted by molar-refractivity contribution is 0.187. The summed E-state index contributed by atoms with van der Waals surface area (Å²) in [6.45, 7) is 15.4. The molecule has 0 radical (unpaired) electrons. The summed E-state index contributed by atoms with van der Waals surface area (Å²) in [4.78, 5) is 8.80. The van der Waals surface area contributed by atoms with E-state index in [0.29, 0.717) is 0 Å². The van der Waals surface area contributed by atoms with Crippen LogP contribution in [0, 0.1) is 5.92 Å². The Morgan fingerprint density at radius 3 is 2.58 bits per heavy atom. The molecule has 0 atom stereocenters. The summed E-state index contributed by atoms with van der Waals surface area (Å²) < 4.78 is 0. The molecule has 1 fully saturated rings. The highest BCUT2D eigenvalue weighted by atomic mass is 127. The maximum absolute atomic E-state index is 4.84. The van der Waals surface area contributed by atoms with Gasteiger partial charge in [0.2, 0.25) is 0 Å². The Bertz CT molecular complexity index is 508. The third-order valence-electron chi connectivity index (χ3n) is 5.16. The molecule has 1 aliphatic heterocycles. The summed E-state index contributed by atoms with van der Waals surface area (Å²) in [7, 11) is 0. The van der Waals surface area contributed by atoms with E-state index in [1.165, 1.54) is 43.8 Å². The number of rotatable bonds is 8. The zero-order valence-electron chi connectivity index (χ0n) is 16.9. The predicted octanol–water partition coefficient (Wildman–Crippen LogP) is 4.32. The number of thiophene rings is 1. The third kappa shape index (κ3) is 7.72. The summed E-state index contributed by atoms with van der Waals surface area (Å²) in [5, 5.41) is 9.08. The van der Waals surface area contributed by atoms with Crippen LogP contribution in [0.1, 0.15) is 51.8 Å². The molecule has 1 aliphatic rings. The SMILES string of the molecule is CCNC(=NCC(C)(C)c1cccs1)NCCC1CCN(CC)CC1.I. The molecule has 0 aliphatic carbocycles. The first kappa shape index (κ1) is 23.7. The first-order valence-corrected chi connectivity index (χ1v) is 10.7. The molecule has 26 heavy (non-hydrogen) atoms. The van der Waals surface area contributed by atoms with Gasteiger partial charge >= 0.3 is 0 Å². The van der Waals surface area contributed by atoms with Crippen molar-refractivity contribution in [3.8, 4) is 0 Å². The normalized spacial score (nSPS) is 17.0. The standard InChI is InChI=1S/C20H36N4S.HI/c1-5-21-19(23-16-20(3,4)18-8-7-15-25-18)22-12-9-17-10-13-24(6-2)14-11-17;/h7-8,15,17H,5-6,9-14,16H2,1-4H3,(H2,21,22,23);1H. The second-order valence-corrected chi connectivity index (χ2v) is 8.60. The molecule has 6 heteroatoms. The summed E-state index contributed by atoms with van der Waals surface area (Å²) in [6, 6.07) is 4.34. The van der Waals surface area contributed by atoms with Crippen molar-refractivity contribution >= 4 is 41.3 Å². The van der Waals surface area contributed by atoms with Gasteiger partial charge in [0.1, 0.15) is 0 Å². The van der Waals surface area contributed by atoms with Gasteiger partial charge in [0, 0.05) is 23.4 Å². The topological polar surface area (TPSA) is 39.7 Å². The van der Waals surface area contributed by atoms with Gasteiger partial charge in [-0.2, -0.15) is 0 Å². The highest BCUT2D eigenvalue weighted by Crippen LogP contribution is 2.27. The van der Waals surface area contributed by atoms with Crippen molar-refractivity contribution in [3.05, 3.63) is 22.4 Å². The third-order valence-corrected chi connectivity index (χ3v) is 6.40. The van der Waals surface area contributed by atoms with Crippen LogP contribution in [0.4, 0.5) is 0 Å². The van der Waals surface area contributed by atoms with E-state index >= 15 is 0 Å². The van der Waals surface area contributed by atoms with Crippen LogP contribution in [0.15, 0.2) is 22.5 Å². The first-order chi connectivity index (χ1) is 12.0. The van der Waals surface area contributed by atoms with E-state index in [-0.39, 0.29) is 29.4 Å². The number of nitrogens with zero attached hydrogens (tertiary/aromatic N) is 2. The molecule has 2 rings (SSSR count).